The molecule has 3 rings (SSSR count). The number of carboxylic acids is 1. The number of carboxylic acid groups (broad SMARTS) is 1. The van der Waals surface area contributed by atoms with E-state index in [1.54, 1.807) is 36.4 Å². The molecule has 0 aromatic heterocycles. The Morgan fingerprint density at radius 1 is 1.19 bits per heavy atom. The number of ether oxygens (including phenoxy) is 1. The van der Waals surface area contributed by atoms with Crippen molar-refractivity contribution in [2.45, 2.75) is 26.2 Å². The number of anilines is 1. The summed E-state index contributed by atoms with van der Waals surface area (Å²) < 4.78 is 5.80. The van der Waals surface area contributed by atoms with Crippen molar-refractivity contribution in [3.8, 4) is 5.75 Å². The third kappa shape index (κ3) is 4.14. The summed E-state index contributed by atoms with van der Waals surface area (Å²) in [5.41, 5.74) is 2.03. The first-order valence-electron chi connectivity index (χ1n) is 8.48. The van der Waals surface area contributed by atoms with Crippen molar-refractivity contribution in [2.24, 2.45) is 0 Å². The SMILES string of the molecule is CC(C)(C)c1ccc2c(c1)N(CC(=O)O)C(=O)/C(=C/c1ccc(Cl)cc1)O2. The van der Waals surface area contributed by atoms with Crippen LogP contribution in [0.3, 0.4) is 0 Å². The normalized spacial score (nSPS) is 15.5. The average molecular weight is 386 g/mol. The molecule has 1 heterocycles. The second-order valence-corrected chi connectivity index (χ2v) is 7.82. The average Bonchev–Trinajstić information content (AvgIpc) is 2.59. The topological polar surface area (TPSA) is 66.8 Å². The molecule has 0 spiro atoms. The fourth-order valence-electron chi connectivity index (χ4n) is 2.78. The van der Waals surface area contributed by atoms with Gasteiger partial charge in [-0.2, -0.15) is 0 Å². The number of carbonyl (C=O) groups is 2. The zero-order chi connectivity index (χ0) is 19.8. The van der Waals surface area contributed by atoms with Crippen molar-refractivity contribution in [1.82, 2.24) is 0 Å². The predicted octanol–water partition coefficient (Wildman–Crippen LogP) is 4.49. The summed E-state index contributed by atoms with van der Waals surface area (Å²) in [7, 11) is 0. The molecule has 1 aliphatic heterocycles. The molecular formula is C21H20ClNO4. The number of halogens is 1. The zero-order valence-corrected chi connectivity index (χ0v) is 16.1. The second kappa shape index (κ2) is 7.08. The van der Waals surface area contributed by atoms with E-state index in [1.165, 1.54) is 4.90 Å². The van der Waals surface area contributed by atoms with Gasteiger partial charge in [0.05, 0.1) is 5.69 Å². The van der Waals surface area contributed by atoms with Crippen LogP contribution in [0.4, 0.5) is 5.69 Å². The predicted molar refractivity (Wildman–Crippen MR) is 105 cm³/mol. The summed E-state index contributed by atoms with van der Waals surface area (Å²) in [4.78, 5) is 25.5. The fourth-order valence-corrected chi connectivity index (χ4v) is 2.91. The quantitative estimate of drug-likeness (QED) is 0.790. The summed E-state index contributed by atoms with van der Waals surface area (Å²) in [5, 5.41) is 9.86. The molecule has 0 fully saturated rings. The second-order valence-electron chi connectivity index (χ2n) is 7.38. The number of fused-ring (bicyclic) bond motifs is 1. The highest BCUT2D eigenvalue weighted by atomic mass is 35.5. The lowest BCUT2D eigenvalue weighted by Crippen LogP contribution is -2.41. The molecule has 6 heteroatoms. The third-order valence-electron chi connectivity index (χ3n) is 4.25. The molecule has 2 aromatic rings. The van der Waals surface area contributed by atoms with Gasteiger partial charge in [0.1, 0.15) is 6.54 Å². The van der Waals surface area contributed by atoms with Gasteiger partial charge in [0, 0.05) is 5.02 Å². The van der Waals surface area contributed by atoms with Crippen LogP contribution in [-0.4, -0.2) is 23.5 Å². The standard InChI is InChI=1S/C21H20ClNO4/c1-21(2,3)14-6-9-17-16(11-14)23(12-19(24)25)20(26)18(27-17)10-13-4-7-15(22)8-5-13/h4-11H,12H2,1-3H3,(H,24,25)/b18-10-. The minimum Gasteiger partial charge on any atom is -0.480 e. The van der Waals surface area contributed by atoms with Crippen LogP contribution in [0.2, 0.25) is 5.02 Å². The molecule has 0 radical (unpaired) electrons. The monoisotopic (exact) mass is 385 g/mol. The van der Waals surface area contributed by atoms with Crippen LogP contribution in [0.1, 0.15) is 31.9 Å². The number of amides is 1. The van der Waals surface area contributed by atoms with Gasteiger partial charge in [-0.15, -0.1) is 0 Å². The molecule has 1 amide bonds. The Balaban J connectivity index is 2.07. The largest absolute Gasteiger partial charge is 0.480 e. The van der Waals surface area contributed by atoms with Crippen molar-refractivity contribution in [2.75, 3.05) is 11.4 Å². The molecule has 5 nitrogen and oxygen atoms in total. The number of hydrogen-bond acceptors (Lipinski definition) is 3. The highest BCUT2D eigenvalue weighted by Gasteiger charge is 2.32. The minimum atomic E-state index is -1.09. The Morgan fingerprint density at radius 3 is 2.44 bits per heavy atom. The summed E-state index contributed by atoms with van der Waals surface area (Å²) in [6.07, 6.45) is 1.58. The van der Waals surface area contributed by atoms with Crippen molar-refractivity contribution in [1.29, 1.82) is 0 Å². The van der Waals surface area contributed by atoms with E-state index in [9.17, 15) is 14.7 Å². The van der Waals surface area contributed by atoms with E-state index in [0.29, 0.717) is 16.5 Å². The summed E-state index contributed by atoms with van der Waals surface area (Å²) >= 11 is 5.89. The van der Waals surface area contributed by atoms with E-state index in [0.717, 1.165) is 11.1 Å². The summed E-state index contributed by atoms with van der Waals surface area (Å²) in [6.45, 7) is 5.70. The molecular weight excluding hydrogens is 366 g/mol. The Hall–Kier alpha value is -2.79. The van der Waals surface area contributed by atoms with Gasteiger partial charge in [0.25, 0.3) is 5.91 Å². The van der Waals surface area contributed by atoms with Crippen LogP contribution in [0, 0.1) is 0 Å². The van der Waals surface area contributed by atoms with Crippen molar-refractivity contribution < 1.29 is 19.4 Å². The Bertz CT molecular complexity index is 926. The molecule has 0 saturated heterocycles. The lowest BCUT2D eigenvalue weighted by atomic mass is 9.86. The minimum absolute atomic E-state index is 0.0644. The van der Waals surface area contributed by atoms with Gasteiger partial charge < -0.3 is 9.84 Å². The molecule has 140 valence electrons. The van der Waals surface area contributed by atoms with Gasteiger partial charge in [-0.3, -0.25) is 14.5 Å². The highest BCUT2D eigenvalue weighted by molar-refractivity contribution is 6.30. The highest BCUT2D eigenvalue weighted by Crippen LogP contribution is 2.39. The third-order valence-corrected chi connectivity index (χ3v) is 4.50. The number of rotatable bonds is 3. The maximum absolute atomic E-state index is 12.9. The molecule has 0 aliphatic carbocycles. The van der Waals surface area contributed by atoms with E-state index in [1.807, 2.05) is 32.9 Å². The van der Waals surface area contributed by atoms with Gasteiger partial charge >= 0.3 is 5.97 Å². The number of benzene rings is 2. The first-order chi connectivity index (χ1) is 12.6. The zero-order valence-electron chi connectivity index (χ0n) is 15.3. The van der Waals surface area contributed by atoms with Crippen molar-refractivity contribution >= 4 is 35.2 Å². The van der Waals surface area contributed by atoms with Gasteiger partial charge in [0.2, 0.25) is 0 Å². The maximum Gasteiger partial charge on any atom is 0.323 e. The lowest BCUT2D eigenvalue weighted by Gasteiger charge is -2.31. The number of aliphatic carboxylic acids is 1. The molecule has 27 heavy (non-hydrogen) atoms. The Kier molecular flexibility index (Phi) is 4.98. The van der Waals surface area contributed by atoms with Crippen LogP contribution in [-0.2, 0) is 15.0 Å². The summed E-state index contributed by atoms with van der Waals surface area (Å²) in [6, 6.07) is 12.4. The lowest BCUT2D eigenvalue weighted by molar-refractivity contribution is -0.136. The molecule has 2 aromatic carbocycles. The van der Waals surface area contributed by atoms with Gasteiger partial charge in [-0.1, -0.05) is 50.6 Å². The Morgan fingerprint density at radius 2 is 1.85 bits per heavy atom. The van der Waals surface area contributed by atoms with Crippen LogP contribution in [0.5, 0.6) is 5.75 Å². The Labute approximate surface area is 162 Å². The molecule has 0 saturated carbocycles. The van der Waals surface area contributed by atoms with Crippen LogP contribution < -0.4 is 9.64 Å². The van der Waals surface area contributed by atoms with Crippen molar-refractivity contribution in [3.63, 3.8) is 0 Å². The molecule has 0 unspecified atom stereocenters. The fraction of sp³-hybridized carbons (Fsp3) is 0.238. The number of hydrogen-bond donors (Lipinski definition) is 1. The number of carbonyl (C=O) groups excluding carboxylic acids is 1. The first kappa shape index (κ1) is 19.0. The van der Waals surface area contributed by atoms with E-state index in [-0.39, 0.29) is 11.2 Å². The maximum atomic E-state index is 12.9. The first-order valence-corrected chi connectivity index (χ1v) is 8.86. The van der Waals surface area contributed by atoms with E-state index < -0.39 is 18.4 Å². The van der Waals surface area contributed by atoms with Gasteiger partial charge in [-0.25, -0.2) is 0 Å². The van der Waals surface area contributed by atoms with Crippen molar-refractivity contribution in [3.05, 3.63) is 64.4 Å². The van der Waals surface area contributed by atoms with E-state index in [4.69, 9.17) is 16.3 Å². The van der Waals surface area contributed by atoms with E-state index >= 15 is 0 Å². The van der Waals surface area contributed by atoms with Gasteiger partial charge in [0.15, 0.2) is 11.5 Å². The smallest absolute Gasteiger partial charge is 0.323 e. The van der Waals surface area contributed by atoms with E-state index in [2.05, 4.69) is 0 Å². The molecule has 1 aliphatic rings. The van der Waals surface area contributed by atoms with Gasteiger partial charge in [-0.05, 0) is 46.9 Å². The van der Waals surface area contributed by atoms with Crippen LogP contribution in [0.25, 0.3) is 6.08 Å². The molecule has 0 bridgehead atoms. The summed E-state index contributed by atoms with van der Waals surface area (Å²) in [5.74, 6) is -1.08. The molecule has 0 atom stereocenters. The number of nitrogens with zero attached hydrogens (tertiary/aromatic N) is 1. The molecule has 1 N–H and O–H groups in total. The van der Waals surface area contributed by atoms with Crippen LogP contribution >= 0.6 is 11.6 Å². The van der Waals surface area contributed by atoms with Crippen LogP contribution in [0.15, 0.2) is 48.2 Å².